The number of carbonyl (C=O) groups excluding carboxylic acids is 1. The maximum atomic E-state index is 12.2. The molecule has 0 radical (unpaired) electrons. The van der Waals surface area contributed by atoms with E-state index in [-0.39, 0.29) is 23.4 Å². The van der Waals surface area contributed by atoms with Gasteiger partial charge in [0.25, 0.3) is 0 Å². The Bertz CT molecular complexity index is 746. The smallest absolute Gasteiger partial charge is 0.306 e. The summed E-state index contributed by atoms with van der Waals surface area (Å²) in [5.41, 5.74) is 2.14. The Morgan fingerprint density at radius 1 is 1.00 bits per heavy atom. The highest BCUT2D eigenvalue weighted by molar-refractivity contribution is 5.70. The summed E-state index contributed by atoms with van der Waals surface area (Å²) in [5, 5.41) is 0. The van der Waals surface area contributed by atoms with Gasteiger partial charge in [-0.25, -0.2) is 0 Å². The molecule has 0 N–H and O–H groups in total. The Morgan fingerprint density at radius 2 is 1.62 bits per heavy atom. The Morgan fingerprint density at radius 3 is 2.24 bits per heavy atom. The molecule has 1 aliphatic carbocycles. The van der Waals surface area contributed by atoms with Gasteiger partial charge < -0.3 is 14.2 Å². The monoisotopic (exact) mass is 396 g/mol. The molecule has 4 nitrogen and oxygen atoms in total. The lowest BCUT2D eigenvalue weighted by Crippen LogP contribution is -2.35. The maximum Gasteiger partial charge on any atom is 0.306 e. The van der Waals surface area contributed by atoms with Crippen molar-refractivity contribution in [1.29, 1.82) is 0 Å². The van der Waals surface area contributed by atoms with Gasteiger partial charge in [-0.2, -0.15) is 0 Å². The quantitative estimate of drug-likeness (QED) is 0.521. The van der Waals surface area contributed by atoms with Crippen molar-refractivity contribution in [3.63, 3.8) is 0 Å². The molecule has 0 heterocycles. The highest BCUT2D eigenvalue weighted by atomic mass is 16.5. The summed E-state index contributed by atoms with van der Waals surface area (Å²) < 4.78 is 17.6. The lowest BCUT2D eigenvalue weighted by atomic mass is 9.76. The van der Waals surface area contributed by atoms with Crippen molar-refractivity contribution in [1.82, 2.24) is 0 Å². The first-order valence-corrected chi connectivity index (χ1v) is 10.5. The average Bonchev–Trinajstić information content (AvgIpc) is 3.03. The van der Waals surface area contributed by atoms with E-state index in [2.05, 4.69) is 31.2 Å². The molecule has 0 aromatic heterocycles. The molecule has 3 atom stereocenters. The van der Waals surface area contributed by atoms with Crippen molar-refractivity contribution >= 4 is 5.97 Å². The molecule has 0 aliphatic heterocycles. The average molecular weight is 397 g/mol. The van der Waals surface area contributed by atoms with Gasteiger partial charge in [0.2, 0.25) is 0 Å². The number of benzene rings is 2. The van der Waals surface area contributed by atoms with Gasteiger partial charge >= 0.3 is 5.97 Å². The topological polar surface area (TPSA) is 44.8 Å². The third-order valence-corrected chi connectivity index (χ3v) is 5.91. The molecule has 0 saturated heterocycles. The van der Waals surface area contributed by atoms with Crippen LogP contribution in [0.3, 0.4) is 0 Å². The van der Waals surface area contributed by atoms with Gasteiger partial charge in [-0.15, -0.1) is 0 Å². The fraction of sp³-hybridized carbons (Fsp3) is 0.480. The molecule has 2 aromatic carbocycles. The Hall–Kier alpha value is -2.17. The minimum atomic E-state index is -0.176. The Balaban J connectivity index is 1.64. The summed E-state index contributed by atoms with van der Waals surface area (Å²) in [6.45, 7) is 6.16. The van der Waals surface area contributed by atoms with Crippen LogP contribution in [0.2, 0.25) is 0 Å². The number of hydrogen-bond acceptors (Lipinski definition) is 4. The third kappa shape index (κ3) is 6.15. The van der Waals surface area contributed by atoms with Crippen LogP contribution in [0.4, 0.5) is 0 Å². The molecule has 2 aromatic rings. The first-order valence-electron chi connectivity index (χ1n) is 10.5. The van der Waals surface area contributed by atoms with Crippen LogP contribution in [0.5, 0.6) is 0 Å². The minimum absolute atomic E-state index is 0.0745. The van der Waals surface area contributed by atoms with Crippen molar-refractivity contribution in [2.24, 2.45) is 11.3 Å². The van der Waals surface area contributed by atoms with Crippen LogP contribution < -0.4 is 0 Å². The molecule has 29 heavy (non-hydrogen) atoms. The molecule has 4 heteroatoms. The molecular formula is C25H32O4. The van der Waals surface area contributed by atoms with Crippen LogP contribution in [-0.4, -0.2) is 25.3 Å². The lowest BCUT2D eigenvalue weighted by molar-refractivity contribution is -0.147. The van der Waals surface area contributed by atoms with E-state index in [1.165, 1.54) is 0 Å². The molecule has 1 aliphatic rings. The van der Waals surface area contributed by atoms with Gasteiger partial charge in [0, 0.05) is 5.92 Å². The SMILES string of the molecule is CCOC(=O)C[C@@]1(C)CC[C@H](OCc2ccccc2)[C@H]1COCc1ccccc1. The second-order valence-electron chi connectivity index (χ2n) is 8.12. The molecule has 1 fully saturated rings. The standard InChI is InChI=1S/C25H32O4/c1-3-28-24(26)16-25(2)15-14-23(29-18-21-12-8-5-9-13-21)22(25)19-27-17-20-10-6-4-7-11-20/h4-13,22-23H,3,14-19H2,1-2H3/t22-,23+,25-/m1/s1. The maximum absolute atomic E-state index is 12.2. The van der Waals surface area contributed by atoms with E-state index in [4.69, 9.17) is 14.2 Å². The van der Waals surface area contributed by atoms with Gasteiger partial charge in [-0.1, -0.05) is 67.6 Å². The highest BCUT2D eigenvalue weighted by Crippen LogP contribution is 2.47. The molecule has 0 amide bonds. The predicted molar refractivity (Wildman–Crippen MR) is 113 cm³/mol. The number of hydrogen-bond donors (Lipinski definition) is 0. The van der Waals surface area contributed by atoms with Gasteiger partial charge in [0.1, 0.15) is 0 Å². The molecular weight excluding hydrogens is 364 g/mol. The largest absolute Gasteiger partial charge is 0.466 e. The second-order valence-corrected chi connectivity index (χ2v) is 8.12. The van der Waals surface area contributed by atoms with Crippen molar-refractivity contribution in [3.8, 4) is 0 Å². The van der Waals surface area contributed by atoms with Crippen LogP contribution in [0.25, 0.3) is 0 Å². The van der Waals surface area contributed by atoms with Crippen LogP contribution in [0, 0.1) is 11.3 Å². The second kappa shape index (κ2) is 10.6. The summed E-state index contributed by atoms with van der Waals surface area (Å²) >= 11 is 0. The Labute approximate surface area is 174 Å². The number of esters is 1. The first kappa shape index (κ1) is 21.5. The van der Waals surface area contributed by atoms with E-state index in [0.717, 1.165) is 24.0 Å². The summed E-state index contributed by atoms with van der Waals surface area (Å²) in [7, 11) is 0. The molecule has 0 bridgehead atoms. The molecule has 0 unspecified atom stereocenters. The van der Waals surface area contributed by atoms with Crippen molar-refractivity contribution < 1.29 is 19.0 Å². The zero-order chi connectivity index (χ0) is 20.5. The number of ether oxygens (including phenoxy) is 3. The molecule has 0 spiro atoms. The first-order chi connectivity index (χ1) is 14.1. The van der Waals surface area contributed by atoms with Gasteiger partial charge in [0.05, 0.1) is 39.0 Å². The predicted octanol–water partition coefficient (Wildman–Crippen LogP) is 5.16. The van der Waals surface area contributed by atoms with E-state index in [0.29, 0.717) is 32.8 Å². The van der Waals surface area contributed by atoms with Crippen LogP contribution in [0.15, 0.2) is 60.7 Å². The summed E-state index contributed by atoms with van der Waals surface area (Å²) in [6.07, 6.45) is 2.35. The van der Waals surface area contributed by atoms with Crippen LogP contribution >= 0.6 is 0 Å². The van der Waals surface area contributed by atoms with Gasteiger partial charge in [0.15, 0.2) is 0 Å². The minimum Gasteiger partial charge on any atom is -0.466 e. The highest BCUT2D eigenvalue weighted by Gasteiger charge is 2.47. The zero-order valence-corrected chi connectivity index (χ0v) is 17.5. The van der Waals surface area contributed by atoms with Crippen LogP contribution in [0.1, 0.15) is 44.2 Å². The van der Waals surface area contributed by atoms with E-state index >= 15 is 0 Å². The van der Waals surface area contributed by atoms with E-state index < -0.39 is 0 Å². The number of rotatable bonds is 10. The van der Waals surface area contributed by atoms with E-state index in [1.54, 1.807) is 0 Å². The lowest BCUT2D eigenvalue weighted by Gasteiger charge is -2.33. The van der Waals surface area contributed by atoms with Crippen molar-refractivity contribution in [3.05, 3.63) is 71.8 Å². The number of carbonyl (C=O) groups is 1. The normalized spacial score (nSPS) is 23.8. The fourth-order valence-corrected chi connectivity index (χ4v) is 4.23. The van der Waals surface area contributed by atoms with Gasteiger partial charge in [-0.05, 0) is 36.3 Å². The molecule has 156 valence electrons. The van der Waals surface area contributed by atoms with Crippen molar-refractivity contribution in [2.45, 2.75) is 52.4 Å². The molecule has 1 saturated carbocycles. The summed E-state index contributed by atoms with van der Waals surface area (Å²) in [5.74, 6) is 0.0195. The summed E-state index contributed by atoms with van der Waals surface area (Å²) in [4.78, 5) is 12.2. The summed E-state index contributed by atoms with van der Waals surface area (Å²) in [6, 6.07) is 20.4. The van der Waals surface area contributed by atoms with Gasteiger partial charge in [-0.3, -0.25) is 4.79 Å². The molecule has 3 rings (SSSR count). The fourth-order valence-electron chi connectivity index (χ4n) is 4.23. The Kier molecular flexibility index (Phi) is 7.84. The van der Waals surface area contributed by atoms with E-state index in [9.17, 15) is 4.79 Å². The third-order valence-electron chi connectivity index (χ3n) is 5.91. The van der Waals surface area contributed by atoms with Crippen LogP contribution in [-0.2, 0) is 32.2 Å². The zero-order valence-electron chi connectivity index (χ0n) is 17.5. The van der Waals surface area contributed by atoms with Crippen molar-refractivity contribution in [2.75, 3.05) is 13.2 Å². The van der Waals surface area contributed by atoms with E-state index in [1.807, 2.05) is 43.3 Å².